The minimum atomic E-state index is -2.74. The molecule has 1 aliphatic heterocycles. The van der Waals surface area contributed by atoms with E-state index in [0.717, 1.165) is 30.4 Å². The topological polar surface area (TPSA) is 148 Å². The van der Waals surface area contributed by atoms with Crippen LogP contribution < -0.4 is 4.90 Å². The summed E-state index contributed by atoms with van der Waals surface area (Å²) in [5.41, 5.74) is -0.355. The van der Waals surface area contributed by atoms with Crippen molar-refractivity contribution in [3.8, 4) is 0 Å². The molecule has 37 heavy (non-hydrogen) atoms. The van der Waals surface area contributed by atoms with E-state index in [2.05, 4.69) is 61.2 Å². The van der Waals surface area contributed by atoms with Crippen LogP contribution >= 0.6 is 23.4 Å². The second kappa shape index (κ2) is 13.6. The monoisotopic (exact) mass is 554 g/mol. The number of carboxylic acids is 3. The number of benzene rings is 2. The first-order chi connectivity index (χ1) is 17.3. The molecule has 0 saturated heterocycles. The van der Waals surface area contributed by atoms with Crippen LogP contribution in [0.5, 0.6) is 0 Å². The molecule has 0 amide bonds. The van der Waals surface area contributed by atoms with E-state index in [4.69, 9.17) is 36.8 Å². The van der Waals surface area contributed by atoms with Crippen molar-refractivity contribution in [1.82, 2.24) is 4.90 Å². The average Bonchev–Trinajstić information content (AvgIpc) is 2.78. The van der Waals surface area contributed by atoms with Gasteiger partial charge in [-0.05, 0) is 51.4 Å². The van der Waals surface area contributed by atoms with Crippen LogP contribution in [0.3, 0.4) is 0 Å². The number of hydrogen-bond donors (Lipinski definition) is 4. The van der Waals surface area contributed by atoms with Crippen molar-refractivity contribution in [1.29, 1.82) is 0 Å². The molecular weight excluding hydrogens is 524 g/mol. The molecule has 0 spiro atoms. The highest BCUT2D eigenvalue weighted by molar-refractivity contribution is 7.99. The Kier molecular flexibility index (Phi) is 11.2. The number of anilines is 2. The maximum atomic E-state index is 10.3. The van der Waals surface area contributed by atoms with Gasteiger partial charge in [0, 0.05) is 27.9 Å². The second-order valence-electron chi connectivity index (χ2n) is 8.75. The molecule has 0 saturated carbocycles. The number of aliphatic hydroxyl groups is 1. The molecule has 4 N–H and O–H groups in total. The summed E-state index contributed by atoms with van der Waals surface area (Å²) in [6.07, 6.45) is -2.16. The molecule has 202 valence electrons. The number of carbonyl (C=O) groups is 3. The minimum Gasteiger partial charge on any atom is -0.481 e. The molecule has 10 nitrogen and oxygen atoms in total. The van der Waals surface area contributed by atoms with Gasteiger partial charge in [-0.3, -0.25) is 9.59 Å². The number of carboxylic acid groups (broad SMARTS) is 3. The van der Waals surface area contributed by atoms with Gasteiger partial charge in [-0.15, -0.1) is 0 Å². The fourth-order valence-electron chi connectivity index (χ4n) is 3.46. The first-order valence-electron chi connectivity index (χ1n) is 11.3. The predicted octanol–water partition coefficient (Wildman–Crippen LogP) is 3.66. The molecule has 1 aliphatic rings. The lowest BCUT2D eigenvalue weighted by molar-refractivity contribution is -0.170. The van der Waals surface area contributed by atoms with Crippen LogP contribution in [-0.4, -0.2) is 88.7 Å². The van der Waals surface area contributed by atoms with Crippen molar-refractivity contribution in [2.45, 2.75) is 41.3 Å². The molecule has 1 unspecified atom stereocenters. The largest absolute Gasteiger partial charge is 0.481 e. The number of rotatable bonds is 11. The van der Waals surface area contributed by atoms with E-state index in [0.29, 0.717) is 0 Å². The Hall–Kier alpha value is -2.83. The SMILES string of the molecule is CC(CN1c2ccccc2Sc2ccc(Cl)cc21)OCCN(C)C.O=C(O)CC(O)(CC(=O)O)C(=O)O. The molecule has 0 radical (unpaired) electrons. The molecule has 12 heteroatoms. The maximum absolute atomic E-state index is 10.3. The number of para-hydroxylation sites is 1. The molecule has 3 rings (SSSR count). The highest BCUT2D eigenvalue weighted by Crippen LogP contribution is 2.48. The second-order valence-corrected chi connectivity index (χ2v) is 10.3. The van der Waals surface area contributed by atoms with Crippen molar-refractivity contribution in [3.63, 3.8) is 0 Å². The Morgan fingerprint density at radius 3 is 2.19 bits per heavy atom. The van der Waals surface area contributed by atoms with Gasteiger partial charge in [0.1, 0.15) is 0 Å². The Morgan fingerprint density at radius 2 is 1.62 bits per heavy atom. The molecule has 0 aromatic heterocycles. The fraction of sp³-hybridized carbons (Fsp3) is 0.400. The van der Waals surface area contributed by atoms with Gasteiger partial charge >= 0.3 is 17.9 Å². The van der Waals surface area contributed by atoms with Crippen LogP contribution in [0.15, 0.2) is 52.3 Å². The van der Waals surface area contributed by atoms with E-state index < -0.39 is 36.4 Å². The zero-order chi connectivity index (χ0) is 27.8. The summed E-state index contributed by atoms with van der Waals surface area (Å²) < 4.78 is 5.99. The van der Waals surface area contributed by atoms with Crippen molar-refractivity contribution < 1.29 is 39.5 Å². The quantitative estimate of drug-likeness (QED) is 0.322. The highest BCUT2D eigenvalue weighted by Gasteiger charge is 2.40. The lowest BCUT2D eigenvalue weighted by atomic mass is 9.96. The molecule has 1 heterocycles. The number of nitrogens with zero attached hydrogens (tertiary/aromatic N) is 2. The van der Waals surface area contributed by atoms with Gasteiger partial charge in [0.05, 0.1) is 36.9 Å². The smallest absolute Gasteiger partial charge is 0.336 e. The van der Waals surface area contributed by atoms with E-state index in [1.54, 1.807) is 11.8 Å². The van der Waals surface area contributed by atoms with E-state index in [9.17, 15) is 14.4 Å². The highest BCUT2D eigenvalue weighted by atomic mass is 35.5. The number of likely N-dealkylation sites (N-methyl/N-ethyl adjacent to an activating group) is 1. The summed E-state index contributed by atoms with van der Waals surface area (Å²) in [6.45, 7) is 4.60. The zero-order valence-electron chi connectivity index (χ0n) is 20.8. The summed E-state index contributed by atoms with van der Waals surface area (Å²) in [6, 6.07) is 14.6. The lowest BCUT2D eigenvalue weighted by Gasteiger charge is -2.34. The first-order valence-corrected chi connectivity index (χ1v) is 12.5. The van der Waals surface area contributed by atoms with Gasteiger partial charge in [0.25, 0.3) is 0 Å². The summed E-state index contributed by atoms with van der Waals surface area (Å²) in [7, 11) is 4.12. The Bertz CT molecular complexity index is 1100. The third-order valence-electron chi connectivity index (χ3n) is 5.25. The summed E-state index contributed by atoms with van der Waals surface area (Å²) in [4.78, 5) is 37.5. The van der Waals surface area contributed by atoms with E-state index in [1.165, 1.54) is 15.5 Å². The molecule has 0 bridgehead atoms. The summed E-state index contributed by atoms with van der Waals surface area (Å²) in [5, 5.41) is 34.6. The molecular formula is C25H31ClN2O8S. The zero-order valence-corrected chi connectivity index (χ0v) is 22.3. The normalized spacial score (nSPS) is 13.2. The molecule has 1 atom stereocenters. The first kappa shape index (κ1) is 30.4. The van der Waals surface area contributed by atoms with Crippen molar-refractivity contribution in [2.24, 2.45) is 0 Å². The van der Waals surface area contributed by atoms with Crippen LogP contribution in [0.25, 0.3) is 0 Å². The Morgan fingerprint density at radius 1 is 1.03 bits per heavy atom. The number of ether oxygens (including phenoxy) is 1. The van der Waals surface area contributed by atoms with Gasteiger partial charge in [0.15, 0.2) is 5.60 Å². The molecule has 2 aromatic rings. The van der Waals surface area contributed by atoms with Crippen LogP contribution in [-0.2, 0) is 19.1 Å². The van der Waals surface area contributed by atoms with Crippen molar-refractivity contribution in [2.75, 3.05) is 38.7 Å². The third kappa shape index (κ3) is 9.20. The van der Waals surface area contributed by atoms with Crippen LogP contribution in [0, 0.1) is 0 Å². The minimum absolute atomic E-state index is 0.132. The van der Waals surface area contributed by atoms with Crippen LogP contribution in [0.4, 0.5) is 11.4 Å². The number of hydrogen-bond acceptors (Lipinski definition) is 8. The van der Waals surface area contributed by atoms with E-state index in [-0.39, 0.29) is 6.10 Å². The number of halogens is 1. The molecule has 0 aliphatic carbocycles. The standard InChI is InChI=1S/C19H23ClN2OS.C6H8O7/c1-14(23-11-10-21(2)3)13-22-16-6-4-5-7-18(16)24-19-9-8-15(20)12-17(19)22;7-3(8)1-6(13,5(11)12)2-4(9)10/h4-9,12,14H,10-11,13H2,1-3H3;13H,1-2H2,(H,7,8)(H,9,10)(H,11,12). The molecule has 0 fully saturated rings. The average molecular weight is 555 g/mol. The van der Waals surface area contributed by atoms with Gasteiger partial charge in [-0.2, -0.15) is 0 Å². The van der Waals surface area contributed by atoms with Crippen molar-refractivity contribution in [3.05, 3.63) is 47.5 Å². The van der Waals surface area contributed by atoms with Gasteiger partial charge in [0.2, 0.25) is 0 Å². The van der Waals surface area contributed by atoms with Crippen LogP contribution in [0.1, 0.15) is 19.8 Å². The number of aliphatic carboxylic acids is 3. The fourth-order valence-corrected chi connectivity index (χ4v) is 4.70. The van der Waals surface area contributed by atoms with E-state index in [1.807, 2.05) is 12.1 Å². The van der Waals surface area contributed by atoms with Gasteiger partial charge in [-0.25, -0.2) is 4.79 Å². The third-order valence-corrected chi connectivity index (χ3v) is 6.62. The summed E-state index contributed by atoms with van der Waals surface area (Å²) in [5.74, 6) is -5.02. The Balaban J connectivity index is 0.000000317. The molecule has 2 aromatic carbocycles. The van der Waals surface area contributed by atoms with Crippen molar-refractivity contribution >= 4 is 52.6 Å². The number of fused-ring (bicyclic) bond motifs is 2. The van der Waals surface area contributed by atoms with E-state index >= 15 is 0 Å². The maximum Gasteiger partial charge on any atom is 0.336 e. The lowest BCUT2D eigenvalue weighted by Crippen LogP contribution is -2.42. The predicted molar refractivity (Wildman–Crippen MR) is 140 cm³/mol. The van der Waals surface area contributed by atoms with Crippen LogP contribution in [0.2, 0.25) is 5.02 Å². The van der Waals surface area contributed by atoms with Gasteiger partial charge in [-0.1, -0.05) is 35.5 Å². The summed E-state index contributed by atoms with van der Waals surface area (Å²) >= 11 is 8.05. The van der Waals surface area contributed by atoms with Gasteiger partial charge < -0.3 is 35.0 Å². The Labute approximate surface area is 224 Å².